The van der Waals surface area contributed by atoms with Gasteiger partial charge < -0.3 is 21.3 Å². The third-order valence-electron chi connectivity index (χ3n) is 3.28. The van der Waals surface area contributed by atoms with Crippen LogP contribution in [-0.2, 0) is 11.3 Å². The highest BCUT2D eigenvalue weighted by Gasteiger charge is 2.12. The number of benzene rings is 2. The highest BCUT2D eigenvalue weighted by Crippen LogP contribution is 2.28. The topological polar surface area (TPSA) is 145 Å². The summed E-state index contributed by atoms with van der Waals surface area (Å²) in [6.07, 6.45) is 0.871. The van der Waals surface area contributed by atoms with Gasteiger partial charge in [0.15, 0.2) is 0 Å². The number of nitrogen functional groups attached to an aromatic ring is 2. The lowest BCUT2D eigenvalue weighted by atomic mass is 10.2. The molecule has 0 unspecified atom stereocenters. The average molecular weight is 516 g/mol. The number of ether oxygens (including phenoxy) is 1. The van der Waals surface area contributed by atoms with Crippen molar-refractivity contribution in [2.45, 2.75) is 6.61 Å². The average Bonchev–Trinajstić information content (AvgIpc) is 2.64. The van der Waals surface area contributed by atoms with Gasteiger partial charge in [-0.1, -0.05) is 34.1 Å². The molecule has 0 atom stereocenters. The quantitative estimate of drug-likeness (QED) is 0.156. The minimum absolute atomic E-state index is 0.0492. The van der Waals surface area contributed by atoms with Gasteiger partial charge in [0.2, 0.25) is 0 Å². The van der Waals surface area contributed by atoms with Crippen molar-refractivity contribution in [2.24, 2.45) is 5.84 Å². The van der Waals surface area contributed by atoms with Crippen LogP contribution in [0.25, 0.3) is 0 Å². The van der Waals surface area contributed by atoms with Crippen molar-refractivity contribution >= 4 is 55.3 Å². The lowest BCUT2D eigenvalue weighted by Gasteiger charge is -2.15. The number of rotatable bonds is 5. The first-order valence-electron chi connectivity index (χ1n) is 7.78. The van der Waals surface area contributed by atoms with Gasteiger partial charge >= 0.3 is 12.1 Å². The maximum atomic E-state index is 11.5. The van der Waals surface area contributed by atoms with E-state index in [4.69, 9.17) is 27.2 Å². The summed E-state index contributed by atoms with van der Waals surface area (Å²) in [6.45, 7) is 3.74. The molecule has 7 N–H and O–H groups in total. The Kier molecular flexibility index (Phi) is 9.49. The zero-order chi connectivity index (χ0) is 21.3. The number of carboxylic acid groups (broad SMARTS) is 1. The van der Waals surface area contributed by atoms with Crippen LogP contribution in [0.3, 0.4) is 0 Å². The summed E-state index contributed by atoms with van der Waals surface area (Å²) >= 11 is 6.65. The number of carbonyl (C=O) groups is 2. The number of hydrogen-bond donors (Lipinski definition) is 4. The standard InChI is InChI=1S/C11H13Br2N3O2.C7H7NO2/c1-2-3-16(15)11(17)18-6-7-4-8(12)5-9(13)10(7)14;8-6-4-2-1-3-5(6)7(9)10/h2,4-5H,1,3,6,14-15H2;1-4H,8H2,(H,9,10). The van der Waals surface area contributed by atoms with Gasteiger partial charge in [-0.2, -0.15) is 0 Å². The number of carboxylic acids is 1. The van der Waals surface area contributed by atoms with Gasteiger partial charge in [0.1, 0.15) is 6.61 Å². The first kappa shape index (κ1) is 23.5. The van der Waals surface area contributed by atoms with E-state index in [1.54, 1.807) is 24.3 Å². The molecule has 0 radical (unpaired) electrons. The van der Waals surface area contributed by atoms with Crippen molar-refractivity contribution in [1.29, 1.82) is 0 Å². The summed E-state index contributed by atoms with van der Waals surface area (Å²) in [6, 6.07) is 9.96. The number of hydrazine groups is 1. The minimum atomic E-state index is -0.988. The van der Waals surface area contributed by atoms with Gasteiger partial charge in [-0.25, -0.2) is 20.4 Å². The van der Waals surface area contributed by atoms with E-state index in [9.17, 15) is 9.59 Å². The predicted octanol–water partition coefficient (Wildman–Crippen LogP) is 3.76. The van der Waals surface area contributed by atoms with E-state index in [1.165, 1.54) is 12.1 Å². The van der Waals surface area contributed by atoms with Crippen molar-refractivity contribution in [1.82, 2.24) is 5.01 Å². The van der Waals surface area contributed by atoms with E-state index in [0.29, 0.717) is 16.9 Å². The van der Waals surface area contributed by atoms with Crippen molar-refractivity contribution in [2.75, 3.05) is 18.0 Å². The van der Waals surface area contributed by atoms with Crippen LogP contribution in [0.2, 0.25) is 0 Å². The number of anilines is 2. The van der Waals surface area contributed by atoms with Gasteiger partial charge in [0.05, 0.1) is 17.8 Å². The Bertz CT molecular complexity index is 861. The first-order valence-corrected chi connectivity index (χ1v) is 9.37. The second-order valence-electron chi connectivity index (χ2n) is 5.35. The molecule has 1 amide bonds. The molecule has 0 aliphatic carbocycles. The van der Waals surface area contributed by atoms with Crippen molar-refractivity contribution in [3.8, 4) is 0 Å². The van der Waals surface area contributed by atoms with Crippen LogP contribution in [0.1, 0.15) is 15.9 Å². The number of halogens is 2. The SMILES string of the molecule is C=CCN(N)C(=O)OCc1cc(Br)cc(Br)c1N.Nc1ccccc1C(=O)O. The molecule has 0 saturated carbocycles. The van der Waals surface area contributed by atoms with Gasteiger partial charge in [-0.05, 0) is 40.2 Å². The zero-order valence-corrected chi connectivity index (χ0v) is 17.9. The molecule has 2 aromatic carbocycles. The second-order valence-corrected chi connectivity index (χ2v) is 7.12. The number of aromatic carboxylic acids is 1. The predicted molar refractivity (Wildman–Crippen MR) is 115 cm³/mol. The highest BCUT2D eigenvalue weighted by molar-refractivity contribution is 9.11. The van der Waals surface area contributed by atoms with Crippen molar-refractivity contribution in [3.63, 3.8) is 0 Å². The summed E-state index contributed by atoms with van der Waals surface area (Å²) in [5.74, 6) is 4.44. The molecule has 0 spiro atoms. The van der Waals surface area contributed by atoms with E-state index in [1.807, 2.05) is 6.07 Å². The minimum Gasteiger partial charge on any atom is -0.478 e. The van der Waals surface area contributed by atoms with Gasteiger partial charge in [-0.15, -0.1) is 6.58 Å². The number of nitrogens with zero attached hydrogens (tertiary/aromatic N) is 1. The van der Waals surface area contributed by atoms with E-state index < -0.39 is 12.1 Å². The molecule has 2 rings (SSSR count). The Morgan fingerprint density at radius 2 is 1.86 bits per heavy atom. The summed E-state index contributed by atoms with van der Waals surface area (Å²) in [5.41, 5.74) is 12.9. The molecule has 0 aliphatic heterocycles. The summed E-state index contributed by atoms with van der Waals surface area (Å²) in [5, 5.41) is 9.41. The summed E-state index contributed by atoms with van der Waals surface area (Å²) in [7, 11) is 0. The normalized spacial score (nSPS) is 9.68. The fourth-order valence-electron chi connectivity index (χ4n) is 1.89. The fourth-order valence-corrected chi connectivity index (χ4v) is 3.20. The second kappa shape index (κ2) is 11.3. The summed E-state index contributed by atoms with van der Waals surface area (Å²) in [4.78, 5) is 21.8. The van der Waals surface area contributed by atoms with Crippen LogP contribution in [0.5, 0.6) is 0 Å². The molecule has 0 bridgehead atoms. The molecule has 0 saturated heterocycles. The maximum Gasteiger partial charge on any atom is 0.424 e. The molecular weight excluding hydrogens is 496 g/mol. The van der Waals surface area contributed by atoms with E-state index in [2.05, 4.69) is 38.4 Å². The van der Waals surface area contributed by atoms with Crippen LogP contribution < -0.4 is 17.3 Å². The molecule has 150 valence electrons. The molecule has 2 aromatic rings. The summed E-state index contributed by atoms with van der Waals surface area (Å²) < 4.78 is 6.60. The van der Waals surface area contributed by atoms with Gasteiger partial charge in [0.25, 0.3) is 0 Å². The Balaban J connectivity index is 0.000000330. The lowest BCUT2D eigenvalue weighted by molar-refractivity contribution is 0.0698. The van der Waals surface area contributed by atoms with Crippen molar-refractivity contribution in [3.05, 3.63) is 69.1 Å². The van der Waals surface area contributed by atoms with E-state index in [-0.39, 0.29) is 18.7 Å². The number of para-hydroxylation sites is 1. The zero-order valence-electron chi connectivity index (χ0n) is 14.8. The molecule has 0 aliphatic rings. The monoisotopic (exact) mass is 514 g/mol. The third-order valence-corrected chi connectivity index (χ3v) is 4.40. The van der Waals surface area contributed by atoms with Crippen LogP contribution in [0, 0.1) is 0 Å². The Morgan fingerprint density at radius 3 is 2.39 bits per heavy atom. The molecular formula is C18H20Br2N4O4. The van der Waals surface area contributed by atoms with Crippen LogP contribution in [0.4, 0.5) is 16.2 Å². The number of hydrogen-bond acceptors (Lipinski definition) is 6. The fraction of sp³-hybridized carbons (Fsp3) is 0.111. The van der Waals surface area contributed by atoms with Gasteiger partial charge in [0, 0.05) is 20.2 Å². The first-order chi connectivity index (χ1) is 13.2. The highest BCUT2D eigenvalue weighted by atomic mass is 79.9. The van der Waals surface area contributed by atoms with E-state index in [0.717, 1.165) is 14.0 Å². The largest absolute Gasteiger partial charge is 0.478 e. The van der Waals surface area contributed by atoms with Crippen molar-refractivity contribution < 1.29 is 19.4 Å². The lowest BCUT2D eigenvalue weighted by Crippen LogP contribution is -2.37. The van der Waals surface area contributed by atoms with Crippen LogP contribution in [-0.4, -0.2) is 28.7 Å². The molecule has 0 heterocycles. The van der Waals surface area contributed by atoms with Crippen LogP contribution in [0.15, 0.2) is 58.0 Å². The Morgan fingerprint density at radius 1 is 1.21 bits per heavy atom. The maximum absolute atomic E-state index is 11.5. The smallest absolute Gasteiger partial charge is 0.424 e. The van der Waals surface area contributed by atoms with E-state index >= 15 is 0 Å². The number of nitrogens with two attached hydrogens (primary N) is 3. The Hall–Kier alpha value is -2.56. The molecule has 8 nitrogen and oxygen atoms in total. The van der Waals surface area contributed by atoms with Gasteiger partial charge in [-0.3, -0.25) is 0 Å². The molecule has 10 heteroatoms. The molecule has 28 heavy (non-hydrogen) atoms. The Labute approximate surface area is 179 Å². The molecule has 0 aromatic heterocycles. The number of carbonyl (C=O) groups excluding carboxylic acids is 1. The third kappa shape index (κ3) is 7.22. The molecule has 0 fully saturated rings. The number of amides is 1. The van der Waals surface area contributed by atoms with Crippen LogP contribution >= 0.6 is 31.9 Å².